The molecule has 1 spiro atoms. The van der Waals surface area contributed by atoms with Crippen molar-refractivity contribution in [2.75, 3.05) is 25.5 Å². The molecular weight excluding hydrogens is 344 g/mol. The maximum Gasteiger partial charge on any atom is 0.318 e. The second kappa shape index (κ2) is 4.74. The lowest BCUT2D eigenvalue weighted by Crippen LogP contribution is -2.68. The zero-order valence-electron chi connectivity index (χ0n) is 15.6. The second-order valence-electron chi connectivity index (χ2n) is 8.65. The van der Waals surface area contributed by atoms with Gasteiger partial charge in [0.1, 0.15) is 11.6 Å². The molecule has 7 atom stereocenters. The molecule has 6 nitrogen and oxygen atoms in total. The average Bonchev–Trinajstić information content (AvgIpc) is 2.83. The Balaban J connectivity index is 1.77. The molecule has 5 saturated heterocycles. The zero-order valence-corrected chi connectivity index (χ0v) is 15.6. The summed E-state index contributed by atoms with van der Waals surface area (Å²) in [7, 11) is 1.45. The molecule has 1 aromatic rings. The fourth-order valence-corrected chi connectivity index (χ4v) is 7.11. The summed E-state index contributed by atoms with van der Waals surface area (Å²) in [4.78, 5) is 16.0. The minimum Gasteiger partial charge on any atom is -0.468 e. The highest BCUT2D eigenvalue weighted by atomic mass is 16.7. The van der Waals surface area contributed by atoms with Gasteiger partial charge in [0.15, 0.2) is 5.79 Å². The van der Waals surface area contributed by atoms with Gasteiger partial charge in [0.2, 0.25) is 0 Å². The molecule has 6 heteroatoms. The number of methoxy groups -OCH3 is 1. The quantitative estimate of drug-likeness (QED) is 0.580. The highest BCUT2D eigenvalue weighted by Gasteiger charge is 2.86. The second-order valence-corrected chi connectivity index (χ2v) is 8.65. The molecule has 1 aromatic carbocycles. The third-order valence-electron chi connectivity index (χ3n) is 8.03. The van der Waals surface area contributed by atoms with Crippen molar-refractivity contribution in [1.29, 1.82) is 0 Å². The van der Waals surface area contributed by atoms with Gasteiger partial charge >= 0.3 is 5.97 Å². The summed E-state index contributed by atoms with van der Waals surface area (Å²) < 4.78 is 11.8. The van der Waals surface area contributed by atoms with Crippen molar-refractivity contribution in [3.8, 4) is 0 Å². The van der Waals surface area contributed by atoms with E-state index < -0.39 is 22.8 Å². The highest BCUT2D eigenvalue weighted by Crippen LogP contribution is 2.73. The Morgan fingerprint density at radius 2 is 2.26 bits per heavy atom. The summed E-state index contributed by atoms with van der Waals surface area (Å²) in [5, 5.41) is 15.4. The number of anilines is 1. The lowest BCUT2D eigenvalue weighted by molar-refractivity contribution is -0.245. The van der Waals surface area contributed by atoms with Crippen LogP contribution in [-0.4, -0.2) is 54.2 Å². The molecule has 0 aromatic heterocycles. The van der Waals surface area contributed by atoms with E-state index in [2.05, 4.69) is 16.3 Å². The van der Waals surface area contributed by atoms with Crippen LogP contribution < -0.4 is 5.32 Å². The van der Waals surface area contributed by atoms with Crippen molar-refractivity contribution >= 4 is 11.7 Å². The van der Waals surface area contributed by atoms with Gasteiger partial charge < -0.3 is 19.9 Å². The number of rotatable bonds is 1. The number of para-hydroxylation sites is 1. The van der Waals surface area contributed by atoms with E-state index in [4.69, 9.17) is 9.47 Å². The number of piperidine rings is 2. The van der Waals surface area contributed by atoms with Gasteiger partial charge in [0.25, 0.3) is 0 Å². The number of carbonyl (C=O) groups is 1. The summed E-state index contributed by atoms with van der Waals surface area (Å²) in [6.07, 6.45) is 2.90. The SMILES string of the molecule is CC=C1CN2CC34c5ccccc5NC5OC3(O)CC2CC1C54C(=O)OC. The summed E-state index contributed by atoms with van der Waals surface area (Å²) in [6.45, 7) is 3.49. The van der Waals surface area contributed by atoms with Gasteiger partial charge in [-0.2, -0.15) is 0 Å². The predicted molar refractivity (Wildman–Crippen MR) is 97.9 cm³/mol. The summed E-state index contributed by atoms with van der Waals surface area (Å²) >= 11 is 0. The molecule has 142 valence electrons. The normalized spacial score (nSPS) is 49.5. The van der Waals surface area contributed by atoms with Gasteiger partial charge in [-0.1, -0.05) is 29.8 Å². The Labute approximate surface area is 158 Å². The van der Waals surface area contributed by atoms with Crippen molar-refractivity contribution in [3.05, 3.63) is 41.5 Å². The van der Waals surface area contributed by atoms with Gasteiger partial charge in [-0.25, -0.2) is 0 Å². The van der Waals surface area contributed by atoms with Crippen LogP contribution in [0, 0.1) is 11.3 Å². The fraction of sp³-hybridized carbons (Fsp3) is 0.571. The molecule has 6 aliphatic heterocycles. The third kappa shape index (κ3) is 1.45. The molecule has 7 unspecified atom stereocenters. The number of ether oxygens (including phenoxy) is 2. The van der Waals surface area contributed by atoms with Crippen LogP contribution in [0.2, 0.25) is 0 Å². The first-order valence-corrected chi connectivity index (χ1v) is 9.75. The van der Waals surface area contributed by atoms with Crippen LogP contribution in [0.5, 0.6) is 0 Å². The third-order valence-corrected chi connectivity index (χ3v) is 8.03. The first-order chi connectivity index (χ1) is 13.0. The largest absolute Gasteiger partial charge is 0.468 e. The lowest BCUT2D eigenvalue weighted by Gasteiger charge is -2.54. The number of esters is 1. The van der Waals surface area contributed by atoms with Crippen molar-refractivity contribution in [3.63, 3.8) is 0 Å². The average molecular weight is 368 g/mol. The van der Waals surface area contributed by atoms with Crippen molar-refractivity contribution in [1.82, 2.24) is 4.90 Å². The van der Waals surface area contributed by atoms with Crippen LogP contribution in [0.1, 0.15) is 25.3 Å². The van der Waals surface area contributed by atoms with Gasteiger partial charge in [0.05, 0.1) is 12.5 Å². The Bertz CT molecular complexity index is 900. The van der Waals surface area contributed by atoms with Crippen LogP contribution in [-0.2, 0) is 19.7 Å². The maximum absolute atomic E-state index is 13.6. The number of fused-ring (bicyclic) bond motifs is 2. The first-order valence-electron chi connectivity index (χ1n) is 9.75. The minimum absolute atomic E-state index is 0.0129. The molecule has 0 radical (unpaired) electrons. The number of benzene rings is 1. The van der Waals surface area contributed by atoms with Gasteiger partial charge in [-0.15, -0.1) is 0 Å². The maximum atomic E-state index is 13.6. The standard InChI is InChI=1S/C21H24N2O4/c1-3-12-10-23-11-19-14-6-4-5-7-16(14)22-17-21(19,18(24)26-2)15(12)8-13(23)9-20(19,25)27-17/h3-7,13,15,17,22,25H,8-11H2,1-2H3. The van der Waals surface area contributed by atoms with Crippen LogP contribution in [0.4, 0.5) is 5.69 Å². The van der Waals surface area contributed by atoms with Crippen molar-refractivity contribution in [2.24, 2.45) is 11.3 Å². The Morgan fingerprint density at radius 1 is 1.44 bits per heavy atom. The highest BCUT2D eigenvalue weighted by molar-refractivity contribution is 5.86. The number of carbonyl (C=O) groups excluding carboxylic acids is 1. The van der Waals surface area contributed by atoms with Crippen molar-refractivity contribution in [2.45, 2.75) is 43.2 Å². The Morgan fingerprint density at radius 3 is 3.04 bits per heavy atom. The van der Waals surface area contributed by atoms with E-state index in [0.29, 0.717) is 13.0 Å². The molecule has 8 rings (SSSR count). The number of hydrogen-bond donors (Lipinski definition) is 2. The smallest absolute Gasteiger partial charge is 0.318 e. The number of aliphatic hydroxyl groups is 1. The molecule has 7 bridgehead atoms. The number of hydrogen-bond acceptors (Lipinski definition) is 6. The number of nitrogens with one attached hydrogen (secondary N) is 1. The lowest BCUT2D eigenvalue weighted by atomic mass is 9.50. The molecule has 6 heterocycles. The van der Waals surface area contributed by atoms with Crippen LogP contribution in [0.3, 0.4) is 0 Å². The molecule has 27 heavy (non-hydrogen) atoms. The van der Waals surface area contributed by atoms with E-state index in [9.17, 15) is 9.90 Å². The van der Waals surface area contributed by atoms with E-state index in [-0.39, 0.29) is 17.9 Å². The van der Waals surface area contributed by atoms with E-state index in [1.54, 1.807) is 0 Å². The number of allylic oxidation sites excluding steroid dienone is 1. The molecule has 1 aliphatic carbocycles. The minimum atomic E-state index is -1.38. The topological polar surface area (TPSA) is 71.0 Å². The van der Waals surface area contributed by atoms with Crippen LogP contribution >= 0.6 is 0 Å². The zero-order chi connectivity index (χ0) is 18.6. The summed E-state index contributed by atoms with van der Waals surface area (Å²) in [5.74, 6) is -1.68. The number of nitrogens with zero attached hydrogens (tertiary/aromatic N) is 1. The van der Waals surface area contributed by atoms with Crippen LogP contribution in [0.25, 0.3) is 0 Å². The molecule has 0 amide bonds. The first kappa shape index (κ1) is 16.1. The molecule has 2 N–H and O–H groups in total. The van der Waals surface area contributed by atoms with E-state index in [1.165, 1.54) is 12.7 Å². The Kier molecular flexibility index (Phi) is 2.83. The van der Waals surface area contributed by atoms with Crippen molar-refractivity contribution < 1.29 is 19.4 Å². The Hall–Kier alpha value is -1.89. The fourth-order valence-electron chi connectivity index (χ4n) is 7.11. The molecule has 6 fully saturated rings. The molecule has 7 aliphatic rings. The van der Waals surface area contributed by atoms with Gasteiger partial charge in [0, 0.05) is 37.2 Å². The summed E-state index contributed by atoms with van der Waals surface area (Å²) in [6, 6.07) is 8.22. The summed E-state index contributed by atoms with van der Waals surface area (Å²) in [5.41, 5.74) is 1.34. The van der Waals surface area contributed by atoms with E-state index in [1.807, 2.05) is 31.2 Å². The van der Waals surface area contributed by atoms with Gasteiger partial charge in [-0.05, 0) is 25.0 Å². The van der Waals surface area contributed by atoms with Crippen LogP contribution in [0.15, 0.2) is 35.9 Å². The molecule has 1 saturated carbocycles. The van der Waals surface area contributed by atoms with E-state index >= 15 is 0 Å². The molecular formula is C21H24N2O4. The van der Waals surface area contributed by atoms with E-state index in [0.717, 1.165) is 24.2 Å². The van der Waals surface area contributed by atoms with Gasteiger partial charge in [-0.3, -0.25) is 9.69 Å². The predicted octanol–water partition coefficient (Wildman–Crippen LogP) is 1.61. The monoisotopic (exact) mass is 368 g/mol.